The van der Waals surface area contributed by atoms with Gasteiger partial charge >= 0.3 is 0 Å². The molecule has 4 aromatic rings. The van der Waals surface area contributed by atoms with E-state index >= 15 is 0 Å². The van der Waals surface area contributed by atoms with Crippen molar-refractivity contribution in [3.8, 4) is 11.1 Å². The number of fused-ring (bicyclic) bond motifs is 1. The van der Waals surface area contributed by atoms with Crippen molar-refractivity contribution >= 4 is 54.9 Å². The van der Waals surface area contributed by atoms with Crippen LogP contribution in [0.1, 0.15) is 5.56 Å². The molecule has 0 aliphatic carbocycles. The van der Waals surface area contributed by atoms with E-state index in [4.69, 9.17) is 0 Å². The molecule has 0 saturated carbocycles. The highest BCUT2D eigenvalue weighted by Crippen LogP contribution is 2.37. The van der Waals surface area contributed by atoms with Crippen molar-refractivity contribution in [3.05, 3.63) is 65.8 Å². The summed E-state index contributed by atoms with van der Waals surface area (Å²) >= 11 is 2.87. The molecule has 1 amide bonds. The molecule has 0 fully saturated rings. The summed E-state index contributed by atoms with van der Waals surface area (Å²) in [6, 6.07) is 14.9. The minimum absolute atomic E-state index is 0.125. The number of carbonyl (C=O) groups excluding carboxylic acids is 1. The van der Waals surface area contributed by atoms with Crippen LogP contribution in [-0.2, 0) is 14.8 Å². The monoisotopic (exact) mass is 498 g/mol. The number of hydrogen-bond acceptors (Lipinski definition) is 7. The smallest absolute Gasteiger partial charge is 0.242 e. The Bertz CT molecular complexity index is 1420. The van der Waals surface area contributed by atoms with E-state index in [2.05, 4.69) is 20.7 Å². The Hall–Kier alpha value is -2.79. The lowest BCUT2D eigenvalue weighted by Crippen LogP contribution is -2.23. The molecule has 0 saturated heterocycles. The van der Waals surface area contributed by atoms with Gasteiger partial charge in [-0.05, 0) is 30.2 Å². The molecule has 170 valence electrons. The number of nitrogens with one attached hydrogen (secondary N) is 1. The first-order valence-electron chi connectivity index (χ1n) is 10.0. The third-order valence-electron chi connectivity index (χ3n) is 4.99. The number of aryl methyl sites for hydroxylation is 1. The van der Waals surface area contributed by atoms with Gasteiger partial charge in [0.1, 0.15) is 16.2 Å². The second-order valence-electron chi connectivity index (χ2n) is 7.48. The summed E-state index contributed by atoms with van der Waals surface area (Å²) in [7, 11) is -0.650. The van der Waals surface area contributed by atoms with Gasteiger partial charge in [-0.3, -0.25) is 4.79 Å². The van der Waals surface area contributed by atoms with E-state index in [0.717, 1.165) is 30.7 Å². The van der Waals surface area contributed by atoms with E-state index in [1.807, 2.05) is 30.3 Å². The van der Waals surface area contributed by atoms with Gasteiger partial charge in [-0.1, -0.05) is 48.2 Å². The lowest BCUT2D eigenvalue weighted by atomic mass is 10.1. The zero-order chi connectivity index (χ0) is 23.6. The van der Waals surface area contributed by atoms with Gasteiger partial charge in [0.25, 0.3) is 0 Å². The highest BCUT2D eigenvalue weighted by molar-refractivity contribution is 8.00. The predicted octanol–water partition coefficient (Wildman–Crippen LogP) is 4.65. The lowest BCUT2D eigenvalue weighted by molar-refractivity contribution is -0.113. The van der Waals surface area contributed by atoms with Crippen molar-refractivity contribution in [1.82, 2.24) is 14.3 Å². The number of hydrogen-bond donors (Lipinski definition) is 1. The number of rotatable bonds is 7. The summed E-state index contributed by atoms with van der Waals surface area (Å²) in [4.78, 5) is 22.5. The SMILES string of the molecule is Cc1ccc(NC(=O)CSc2ncnc3scc(-c4ccccc4)c23)cc1S(=O)(=O)N(C)C. The molecule has 2 aromatic heterocycles. The molecule has 33 heavy (non-hydrogen) atoms. The lowest BCUT2D eigenvalue weighted by Gasteiger charge is -2.15. The Labute approximate surface area is 200 Å². The fourth-order valence-corrected chi connectivity index (χ4v) is 6.21. The summed E-state index contributed by atoms with van der Waals surface area (Å²) in [6.07, 6.45) is 1.51. The summed E-state index contributed by atoms with van der Waals surface area (Å²) in [5.74, 6) is -0.125. The van der Waals surface area contributed by atoms with Crippen LogP contribution in [0.2, 0.25) is 0 Å². The fourth-order valence-electron chi connectivity index (χ4n) is 3.27. The molecule has 0 unspecified atom stereocenters. The number of thiophene rings is 1. The van der Waals surface area contributed by atoms with Crippen molar-refractivity contribution in [3.63, 3.8) is 0 Å². The molecule has 0 aliphatic rings. The largest absolute Gasteiger partial charge is 0.325 e. The van der Waals surface area contributed by atoms with Crippen molar-refractivity contribution < 1.29 is 13.2 Å². The number of carbonyl (C=O) groups is 1. The molecule has 0 spiro atoms. The third kappa shape index (κ3) is 4.93. The fraction of sp³-hybridized carbons (Fsp3) is 0.174. The average molecular weight is 499 g/mol. The van der Waals surface area contributed by atoms with Crippen molar-refractivity contribution in [2.75, 3.05) is 25.2 Å². The van der Waals surface area contributed by atoms with Crippen LogP contribution in [0.3, 0.4) is 0 Å². The number of benzene rings is 2. The molecule has 2 heterocycles. The Morgan fingerprint density at radius 2 is 1.88 bits per heavy atom. The van der Waals surface area contributed by atoms with E-state index in [0.29, 0.717) is 11.3 Å². The van der Waals surface area contributed by atoms with Gasteiger partial charge in [0.2, 0.25) is 15.9 Å². The van der Waals surface area contributed by atoms with E-state index < -0.39 is 10.0 Å². The number of nitrogens with zero attached hydrogens (tertiary/aromatic N) is 3. The van der Waals surface area contributed by atoms with Crippen LogP contribution in [0.4, 0.5) is 5.69 Å². The molecule has 7 nitrogen and oxygen atoms in total. The predicted molar refractivity (Wildman–Crippen MR) is 134 cm³/mol. The molecular weight excluding hydrogens is 476 g/mol. The van der Waals surface area contributed by atoms with Crippen LogP contribution >= 0.6 is 23.1 Å². The van der Waals surface area contributed by atoms with Crippen LogP contribution in [0.25, 0.3) is 21.3 Å². The van der Waals surface area contributed by atoms with Crippen molar-refractivity contribution in [2.45, 2.75) is 16.8 Å². The van der Waals surface area contributed by atoms with Crippen LogP contribution < -0.4 is 5.32 Å². The quantitative estimate of drug-likeness (QED) is 0.295. The van der Waals surface area contributed by atoms with Gasteiger partial charge in [-0.2, -0.15) is 0 Å². The zero-order valence-corrected chi connectivity index (χ0v) is 20.7. The number of anilines is 1. The Kier molecular flexibility index (Phi) is 6.80. The second kappa shape index (κ2) is 9.60. The number of amides is 1. The Balaban J connectivity index is 1.53. The number of thioether (sulfide) groups is 1. The minimum atomic E-state index is -3.61. The first kappa shape index (κ1) is 23.4. The molecule has 4 rings (SSSR count). The summed E-state index contributed by atoms with van der Waals surface area (Å²) in [6.45, 7) is 1.73. The van der Waals surface area contributed by atoms with Crippen molar-refractivity contribution in [2.24, 2.45) is 0 Å². The van der Waals surface area contributed by atoms with Gasteiger partial charge in [0.15, 0.2) is 0 Å². The Morgan fingerprint density at radius 1 is 1.12 bits per heavy atom. The topological polar surface area (TPSA) is 92.3 Å². The molecule has 0 aliphatic heterocycles. The molecule has 10 heteroatoms. The number of sulfonamides is 1. The van der Waals surface area contributed by atoms with Crippen LogP contribution in [0.15, 0.2) is 70.2 Å². The van der Waals surface area contributed by atoms with Gasteiger partial charge < -0.3 is 5.32 Å². The van der Waals surface area contributed by atoms with Crippen LogP contribution in [0.5, 0.6) is 0 Å². The van der Waals surface area contributed by atoms with Crippen molar-refractivity contribution in [1.29, 1.82) is 0 Å². The van der Waals surface area contributed by atoms with E-state index in [9.17, 15) is 13.2 Å². The molecule has 0 atom stereocenters. The molecule has 1 N–H and O–H groups in total. The maximum atomic E-state index is 12.7. The standard InChI is InChI=1S/C23H22N4O3S3/c1-15-9-10-17(11-19(15)33(29,30)27(2)3)26-20(28)13-32-23-21-18(16-7-5-4-6-8-16)12-31-22(21)24-14-25-23/h4-12,14H,13H2,1-3H3,(H,26,28). The Morgan fingerprint density at radius 3 is 2.61 bits per heavy atom. The van der Waals surface area contributed by atoms with Gasteiger partial charge in [-0.25, -0.2) is 22.7 Å². The van der Waals surface area contributed by atoms with Crippen LogP contribution in [-0.4, -0.2) is 48.4 Å². The molecule has 0 bridgehead atoms. The minimum Gasteiger partial charge on any atom is -0.325 e. The molecule has 0 radical (unpaired) electrons. The zero-order valence-electron chi connectivity index (χ0n) is 18.3. The van der Waals surface area contributed by atoms with Gasteiger partial charge in [0.05, 0.1) is 16.0 Å². The highest BCUT2D eigenvalue weighted by Gasteiger charge is 2.21. The van der Waals surface area contributed by atoms with Crippen LogP contribution in [0, 0.1) is 6.92 Å². The average Bonchev–Trinajstić information content (AvgIpc) is 3.24. The highest BCUT2D eigenvalue weighted by atomic mass is 32.2. The van der Waals surface area contributed by atoms with E-state index in [1.165, 1.54) is 38.3 Å². The normalized spacial score (nSPS) is 11.8. The second-order valence-corrected chi connectivity index (χ2v) is 11.4. The summed E-state index contributed by atoms with van der Waals surface area (Å²) < 4.78 is 26.2. The maximum Gasteiger partial charge on any atom is 0.242 e. The maximum absolute atomic E-state index is 12.7. The van der Waals surface area contributed by atoms with Gasteiger partial charge in [0, 0.05) is 30.7 Å². The van der Waals surface area contributed by atoms with Gasteiger partial charge in [-0.15, -0.1) is 11.3 Å². The van der Waals surface area contributed by atoms with E-state index in [1.54, 1.807) is 30.4 Å². The van der Waals surface area contributed by atoms with E-state index in [-0.39, 0.29) is 16.6 Å². The first-order valence-corrected chi connectivity index (χ1v) is 13.3. The summed E-state index contributed by atoms with van der Waals surface area (Å²) in [5, 5.41) is 6.51. The first-order chi connectivity index (χ1) is 15.8. The third-order valence-corrected chi connectivity index (χ3v) is 8.82. The molecule has 2 aromatic carbocycles. The summed E-state index contributed by atoms with van der Waals surface area (Å²) in [5.41, 5.74) is 3.15. The number of aromatic nitrogens is 2. The molecular formula is C23H22N4O3S3.